The first-order valence-corrected chi connectivity index (χ1v) is 8.64. The number of guanidine groups is 1. The van der Waals surface area contributed by atoms with E-state index in [1.807, 2.05) is 26.4 Å². The first-order valence-electron chi connectivity index (χ1n) is 8.26. The second-order valence-corrected chi connectivity index (χ2v) is 7.44. The largest absolute Gasteiger partial charge is 0.356 e. The summed E-state index contributed by atoms with van der Waals surface area (Å²) in [6.07, 6.45) is 8.97. The Morgan fingerprint density at radius 3 is 2.61 bits per heavy atom. The summed E-state index contributed by atoms with van der Waals surface area (Å²) in [6.45, 7) is 1.88. The van der Waals surface area contributed by atoms with Crippen LogP contribution in [0.15, 0.2) is 17.3 Å². The molecule has 0 spiro atoms. The van der Waals surface area contributed by atoms with Crippen molar-refractivity contribution in [1.82, 2.24) is 14.8 Å². The van der Waals surface area contributed by atoms with Crippen LogP contribution in [0.25, 0.3) is 0 Å². The van der Waals surface area contributed by atoms with Crippen LogP contribution in [-0.2, 0) is 13.6 Å². The summed E-state index contributed by atoms with van der Waals surface area (Å²) in [5.74, 6) is 1.94. The van der Waals surface area contributed by atoms with Crippen LogP contribution in [0.2, 0.25) is 5.02 Å². The Morgan fingerprint density at radius 2 is 2.17 bits per heavy atom. The predicted molar refractivity (Wildman–Crippen MR) is 108 cm³/mol. The molecular weight excluding hydrogens is 423 g/mol. The zero-order valence-corrected chi connectivity index (χ0v) is 17.4. The molecule has 1 N–H and O–H groups in total. The topological polar surface area (TPSA) is 32.6 Å². The van der Waals surface area contributed by atoms with Crippen LogP contribution in [0, 0.1) is 11.3 Å². The molecule has 0 saturated heterocycles. The van der Waals surface area contributed by atoms with Crippen LogP contribution in [0.1, 0.15) is 37.8 Å². The van der Waals surface area contributed by atoms with E-state index in [1.165, 1.54) is 37.8 Å². The minimum Gasteiger partial charge on any atom is -0.356 e. The van der Waals surface area contributed by atoms with Gasteiger partial charge < -0.3 is 14.8 Å². The molecule has 2 aliphatic rings. The summed E-state index contributed by atoms with van der Waals surface area (Å²) in [5, 5.41) is 4.40. The second kappa shape index (κ2) is 7.64. The van der Waals surface area contributed by atoms with Gasteiger partial charge in [-0.25, -0.2) is 0 Å². The van der Waals surface area contributed by atoms with Gasteiger partial charge in [0.25, 0.3) is 0 Å². The maximum absolute atomic E-state index is 6.07. The fourth-order valence-corrected chi connectivity index (χ4v) is 4.01. The van der Waals surface area contributed by atoms with E-state index in [0.717, 1.165) is 30.0 Å². The highest BCUT2D eigenvalue weighted by Gasteiger charge is 2.48. The fourth-order valence-electron chi connectivity index (χ4n) is 3.74. The van der Waals surface area contributed by atoms with Gasteiger partial charge >= 0.3 is 0 Å². The summed E-state index contributed by atoms with van der Waals surface area (Å²) in [6, 6.07) is 2.02. The lowest BCUT2D eigenvalue weighted by atomic mass is 9.65. The van der Waals surface area contributed by atoms with Crippen molar-refractivity contribution in [3.63, 3.8) is 0 Å². The van der Waals surface area contributed by atoms with Gasteiger partial charge in [0, 0.05) is 39.6 Å². The molecule has 0 aliphatic heterocycles. The van der Waals surface area contributed by atoms with E-state index in [9.17, 15) is 0 Å². The molecule has 0 atom stereocenters. The van der Waals surface area contributed by atoms with E-state index in [-0.39, 0.29) is 24.0 Å². The van der Waals surface area contributed by atoms with Crippen molar-refractivity contribution >= 4 is 41.5 Å². The molecule has 1 aromatic heterocycles. The van der Waals surface area contributed by atoms with Gasteiger partial charge in [0.05, 0.1) is 11.6 Å². The molecule has 0 amide bonds. The highest BCUT2D eigenvalue weighted by molar-refractivity contribution is 14.0. The number of nitrogens with zero attached hydrogens (tertiary/aromatic N) is 3. The van der Waals surface area contributed by atoms with Crippen molar-refractivity contribution in [3.8, 4) is 0 Å². The number of halogens is 2. The molecule has 130 valence electrons. The highest BCUT2D eigenvalue weighted by atomic mass is 127. The fraction of sp³-hybridized carbons (Fsp3) is 0.706. The van der Waals surface area contributed by atoms with Gasteiger partial charge in [-0.15, -0.1) is 24.0 Å². The van der Waals surface area contributed by atoms with Gasteiger partial charge in [0.1, 0.15) is 0 Å². The quantitative estimate of drug-likeness (QED) is 0.419. The van der Waals surface area contributed by atoms with Crippen molar-refractivity contribution in [1.29, 1.82) is 0 Å². The Labute approximate surface area is 161 Å². The molecule has 2 aliphatic carbocycles. The number of aromatic nitrogens is 1. The van der Waals surface area contributed by atoms with Crippen molar-refractivity contribution in [3.05, 3.63) is 23.0 Å². The molecule has 2 saturated carbocycles. The summed E-state index contributed by atoms with van der Waals surface area (Å²) in [4.78, 5) is 6.62. The van der Waals surface area contributed by atoms with Gasteiger partial charge in [-0.05, 0) is 43.1 Å². The van der Waals surface area contributed by atoms with Crippen LogP contribution < -0.4 is 5.32 Å². The number of nitrogens with one attached hydrogen (secondary N) is 1. The van der Waals surface area contributed by atoms with E-state index >= 15 is 0 Å². The highest BCUT2D eigenvalue weighted by Crippen LogP contribution is 2.56. The average Bonchev–Trinajstić information content (AvgIpc) is 3.21. The molecule has 6 heteroatoms. The zero-order valence-electron chi connectivity index (χ0n) is 14.3. The SMILES string of the molecule is CN=C(NCC1(C2CC2)CCC1)N(C)Cc1cc(Cl)cn1C.I. The Bertz CT molecular complexity index is 561. The second-order valence-electron chi connectivity index (χ2n) is 7.01. The lowest BCUT2D eigenvalue weighted by Crippen LogP contribution is -2.47. The molecule has 0 bridgehead atoms. The molecule has 4 nitrogen and oxygen atoms in total. The minimum absolute atomic E-state index is 0. The minimum atomic E-state index is 0. The van der Waals surface area contributed by atoms with Gasteiger partial charge in [-0.2, -0.15) is 0 Å². The van der Waals surface area contributed by atoms with Crippen LogP contribution in [0.5, 0.6) is 0 Å². The van der Waals surface area contributed by atoms with Crippen molar-refractivity contribution in [2.24, 2.45) is 23.4 Å². The standard InChI is InChI=1S/C17H27ClN4.HI/c1-19-16(20-12-17(7-4-8-17)13-5-6-13)22(3)11-15-9-14(18)10-21(15)2;/h9-10,13H,4-8,11-12H2,1-3H3,(H,19,20);1H. The first kappa shape index (κ1) is 18.9. The third kappa shape index (κ3) is 4.16. The monoisotopic (exact) mass is 450 g/mol. The maximum Gasteiger partial charge on any atom is 0.193 e. The third-order valence-corrected chi connectivity index (χ3v) is 5.65. The van der Waals surface area contributed by atoms with Crippen LogP contribution >= 0.6 is 35.6 Å². The van der Waals surface area contributed by atoms with Crippen molar-refractivity contribution in [2.75, 3.05) is 20.6 Å². The van der Waals surface area contributed by atoms with Crippen LogP contribution in [-0.4, -0.2) is 36.1 Å². The third-order valence-electron chi connectivity index (χ3n) is 5.44. The van der Waals surface area contributed by atoms with E-state index in [2.05, 4.69) is 26.8 Å². The molecule has 1 aromatic rings. The lowest BCUT2D eigenvalue weighted by Gasteiger charge is -2.43. The number of hydrogen-bond donors (Lipinski definition) is 1. The molecule has 23 heavy (non-hydrogen) atoms. The van der Waals surface area contributed by atoms with Gasteiger partial charge in [-0.3, -0.25) is 4.99 Å². The zero-order chi connectivity index (χ0) is 15.7. The summed E-state index contributed by atoms with van der Waals surface area (Å²) < 4.78 is 2.07. The molecule has 0 aromatic carbocycles. The first-order chi connectivity index (χ1) is 10.5. The van der Waals surface area contributed by atoms with Crippen LogP contribution in [0.3, 0.4) is 0 Å². The Kier molecular flexibility index (Phi) is 6.28. The average molecular weight is 451 g/mol. The summed E-state index contributed by atoms with van der Waals surface area (Å²) in [7, 11) is 5.98. The van der Waals surface area contributed by atoms with Crippen LogP contribution in [0.4, 0.5) is 0 Å². The van der Waals surface area contributed by atoms with E-state index < -0.39 is 0 Å². The Balaban J connectivity index is 0.00000192. The van der Waals surface area contributed by atoms with E-state index in [4.69, 9.17) is 11.6 Å². The molecule has 3 rings (SSSR count). The maximum atomic E-state index is 6.07. The number of aliphatic imine (C=N–C) groups is 1. The van der Waals surface area contributed by atoms with Gasteiger partial charge in [0.2, 0.25) is 0 Å². The molecule has 2 fully saturated rings. The van der Waals surface area contributed by atoms with E-state index in [1.54, 1.807) is 0 Å². The molecule has 0 unspecified atom stereocenters. The Morgan fingerprint density at radius 1 is 1.48 bits per heavy atom. The van der Waals surface area contributed by atoms with Crippen molar-refractivity contribution < 1.29 is 0 Å². The summed E-state index contributed by atoms with van der Waals surface area (Å²) in [5.41, 5.74) is 1.75. The molecule has 0 radical (unpaired) electrons. The Hall–Kier alpha value is -0.430. The number of rotatable bonds is 5. The summed E-state index contributed by atoms with van der Waals surface area (Å²) >= 11 is 6.07. The van der Waals surface area contributed by atoms with Gasteiger partial charge in [0.15, 0.2) is 5.96 Å². The smallest absolute Gasteiger partial charge is 0.193 e. The number of aryl methyl sites for hydroxylation is 1. The lowest BCUT2D eigenvalue weighted by molar-refractivity contribution is 0.105. The van der Waals surface area contributed by atoms with E-state index in [0.29, 0.717) is 5.41 Å². The predicted octanol–water partition coefficient (Wildman–Crippen LogP) is 3.88. The van der Waals surface area contributed by atoms with Gasteiger partial charge in [-0.1, -0.05) is 18.0 Å². The van der Waals surface area contributed by atoms with Crippen molar-refractivity contribution in [2.45, 2.75) is 38.6 Å². The molecule has 1 heterocycles. The molecular formula is C17H28ClIN4. The normalized spacial score (nSPS) is 19.7. The number of hydrogen-bond acceptors (Lipinski definition) is 1.